The lowest BCUT2D eigenvalue weighted by Gasteiger charge is -2.16. The van der Waals surface area contributed by atoms with Gasteiger partial charge in [-0.15, -0.1) is 0 Å². The van der Waals surface area contributed by atoms with E-state index in [0.29, 0.717) is 6.42 Å². The van der Waals surface area contributed by atoms with Gasteiger partial charge in [0.15, 0.2) is 0 Å². The molecule has 0 heterocycles. The van der Waals surface area contributed by atoms with Crippen molar-refractivity contribution in [1.82, 2.24) is 0 Å². The summed E-state index contributed by atoms with van der Waals surface area (Å²) in [5, 5.41) is 12.2. The van der Waals surface area contributed by atoms with Crippen molar-refractivity contribution in [2.45, 2.75) is 12.5 Å². The van der Waals surface area contributed by atoms with Crippen LogP contribution in [-0.2, 0) is 4.79 Å². The highest BCUT2D eigenvalue weighted by molar-refractivity contribution is 7.98. The number of primary amides is 1. The number of thioether (sulfide) groups is 1. The van der Waals surface area contributed by atoms with Crippen LogP contribution in [0.3, 0.4) is 0 Å². The van der Waals surface area contributed by atoms with E-state index in [1.165, 1.54) is 0 Å². The van der Waals surface area contributed by atoms with Crippen LogP contribution >= 0.6 is 11.8 Å². The van der Waals surface area contributed by atoms with Gasteiger partial charge in [0.2, 0.25) is 5.91 Å². The molecule has 0 aliphatic heterocycles. The average Bonchev–Trinajstić information content (AvgIpc) is 2.26. The zero-order valence-corrected chi connectivity index (χ0v) is 9.96. The first kappa shape index (κ1) is 12.7. The third kappa shape index (κ3) is 4.02. The molecule has 1 amide bonds. The largest absolute Gasteiger partial charge is 0.508 e. The molecule has 0 aromatic heterocycles. The van der Waals surface area contributed by atoms with Gasteiger partial charge in [-0.25, -0.2) is 0 Å². The minimum Gasteiger partial charge on any atom is -0.508 e. The molecule has 0 aliphatic rings. The standard InChI is InChI=1S/C11H16N2O2S/c1-16-7-6-10(11(12)15)13-8-2-4-9(14)5-3-8/h2-5,10,13-14H,6-7H2,1H3,(H2,12,15). The zero-order valence-electron chi connectivity index (χ0n) is 9.14. The van der Waals surface area contributed by atoms with E-state index in [1.54, 1.807) is 36.0 Å². The van der Waals surface area contributed by atoms with Crippen LogP contribution in [0.2, 0.25) is 0 Å². The maximum atomic E-state index is 11.2. The number of carbonyl (C=O) groups excluding carboxylic acids is 1. The van der Waals surface area contributed by atoms with Crippen molar-refractivity contribution in [2.24, 2.45) is 5.73 Å². The molecule has 4 N–H and O–H groups in total. The van der Waals surface area contributed by atoms with Gasteiger partial charge in [0.25, 0.3) is 0 Å². The fourth-order valence-corrected chi connectivity index (χ4v) is 1.75. The van der Waals surface area contributed by atoms with Gasteiger partial charge >= 0.3 is 0 Å². The number of nitrogens with two attached hydrogens (primary N) is 1. The zero-order chi connectivity index (χ0) is 12.0. The minimum absolute atomic E-state index is 0.199. The molecule has 16 heavy (non-hydrogen) atoms. The number of rotatable bonds is 6. The predicted molar refractivity (Wildman–Crippen MR) is 67.7 cm³/mol. The number of carbonyl (C=O) groups is 1. The molecule has 5 heteroatoms. The van der Waals surface area contributed by atoms with E-state index < -0.39 is 0 Å². The summed E-state index contributed by atoms with van der Waals surface area (Å²) in [5.41, 5.74) is 6.08. The Labute approximate surface area is 99.2 Å². The van der Waals surface area contributed by atoms with E-state index in [2.05, 4.69) is 5.32 Å². The van der Waals surface area contributed by atoms with Crippen molar-refractivity contribution in [2.75, 3.05) is 17.3 Å². The molecule has 88 valence electrons. The van der Waals surface area contributed by atoms with Crippen molar-refractivity contribution >= 4 is 23.4 Å². The molecular weight excluding hydrogens is 224 g/mol. The Kier molecular flexibility index (Phi) is 4.98. The summed E-state index contributed by atoms with van der Waals surface area (Å²) >= 11 is 1.67. The monoisotopic (exact) mass is 240 g/mol. The molecule has 1 aromatic carbocycles. The smallest absolute Gasteiger partial charge is 0.239 e. The van der Waals surface area contributed by atoms with E-state index >= 15 is 0 Å². The fraction of sp³-hybridized carbons (Fsp3) is 0.364. The van der Waals surface area contributed by atoms with E-state index in [4.69, 9.17) is 10.8 Å². The van der Waals surface area contributed by atoms with E-state index in [9.17, 15) is 4.79 Å². The molecule has 1 aromatic rings. The Hall–Kier alpha value is -1.36. The van der Waals surface area contributed by atoms with Crippen LogP contribution in [-0.4, -0.2) is 29.1 Å². The van der Waals surface area contributed by atoms with E-state index in [0.717, 1.165) is 11.4 Å². The van der Waals surface area contributed by atoms with Gasteiger partial charge in [-0.3, -0.25) is 4.79 Å². The van der Waals surface area contributed by atoms with Crippen LogP contribution in [0.15, 0.2) is 24.3 Å². The predicted octanol–water partition coefficient (Wildman–Crippen LogP) is 1.41. The number of hydrogen-bond acceptors (Lipinski definition) is 4. The maximum absolute atomic E-state index is 11.2. The van der Waals surface area contributed by atoms with E-state index in [1.807, 2.05) is 6.26 Å². The number of benzene rings is 1. The molecule has 0 saturated heterocycles. The lowest BCUT2D eigenvalue weighted by molar-refractivity contribution is -0.118. The van der Waals surface area contributed by atoms with Gasteiger partial charge in [-0.2, -0.15) is 11.8 Å². The summed E-state index contributed by atoms with van der Waals surface area (Å²) in [7, 11) is 0. The van der Waals surface area contributed by atoms with Gasteiger partial charge in [-0.05, 0) is 42.7 Å². The van der Waals surface area contributed by atoms with Crippen LogP contribution in [0.4, 0.5) is 5.69 Å². The first-order chi connectivity index (χ1) is 7.63. The lowest BCUT2D eigenvalue weighted by Crippen LogP contribution is -2.35. The van der Waals surface area contributed by atoms with Crippen molar-refractivity contribution in [3.63, 3.8) is 0 Å². The summed E-state index contributed by atoms with van der Waals surface area (Å²) in [6.07, 6.45) is 2.68. The molecule has 4 nitrogen and oxygen atoms in total. The Morgan fingerprint density at radius 1 is 1.50 bits per heavy atom. The van der Waals surface area contributed by atoms with Crippen molar-refractivity contribution in [3.8, 4) is 5.75 Å². The van der Waals surface area contributed by atoms with Gasteiger partial charge in [0.05, 0.1) is 0 Å². The van der Waals surface area contributed by atoms with Crippen LogP contribution in [0.25, 0.3) is 0 Å². The quantitative estimate of drug-likeness (QED) is 0.657. The third-order valence-electron chi connectivity index (χ3n) is 2.16. The number of aromatic hydroxyl groups is 1. The van der Waals surface area contributed by atoms with Gasteiger partial charge in [0, 0.05) is 5.69 Å². The summed E-state index contributed by atoms with van der Waals surface area (Å²) in [6.45, 7) is 0. The molecule has 0 bridgehead atoms. The highest BCUT2D eigenvalue weighted by atomic mass is 32.2. The van der Waals surface area contributed by atoms with Crippen molar-refractivity contribution in [1.29, 1.82) is 0 Å². The molecule has 0 fully saturated rings. The SMILES string of the molecule is CSCCC(Nc1ccc(O)cc1)C(N)=O. The average molecular weight is 240 g/mol. The third-order valence-corrected chi connectivity index (χ3v) is 2.81. The van der Waals surface area contributed by atoms with Crippen LogP contribution in [0.5, 0.6) is 5.75 Å². The fourth-order valence-electron chi connectivity index (χ4n) is 1.28. The Balaban J connectivity index is 2.60. The van der Waals surface area contributed by atoms with Gasteiger partial charge < -0.3 is 16.2 Å². The van der Waals surface area contributed by atoms with Crippen molar-refractivity contribution in [3.05, 3.63) is 24.3 Å². The summed E-state index contributed by atoms with van der Waals surface area (Å²) in [4.78, 5) is 11.2. The molecule has 1 unspecified atom stereocenters. The lowest BCUT2D eigenvalue weighted by atomic mass is 10.2. The number of nitrogens with one attached hydrogen (secondary N) is 1. The Morgan fingerprint density at radius 3 is 2.62 bits per heavy atom. The Morgan fingerprint density at radius 2 is 2.12 bits per heavy atom. The Bertz CT molecular complexity index is 340. The molecule has 0 radical (unpaired) electrons. The number of phenols is 1. The van der Waals surface area contributed by atoms with Gasteiger partial charge in [-0.1, -0.05) is 0 Å². The molecule has 1 atom stereocenters. The second-order valence-corrected chi connectivity index (χ2v) is 4.41. The van der Waals surface area contributed by atoms with E-state index in [-0.39, 0.29) is 17.7 Å². The van der Waals surface area contributed by atoms with Crippen molar-refractivity contribution < 1.29 is 9.90 Å². The highest BCUT2D eigenvalue weighted by Crippen LogP contribution is 2.15. The first-order valence-electron chi connectivity index (χ1n) is 4.97. The minimum atomic E-state index is -0.364. The number of hydrogen-bond donors (Lipinski definition) is 3. The molecule has 1 rings (SSSR count). The second-order valence-electron chi connectivity index (χ2n) is 3.43. The summed E-state index contributed by atoms with van der Waals surface area (Å²) in [6, 6.07) is 6.19. The summed E-state index contributed by atoms with van der Waals surface area (Å²) in [5.74, 6) is 0.714. The molecule has 0 spiro atoms. The normalized spacial score (nSPS) is 12.1. The van der Waals surface area contributed by atoms with Gasteiger partial charge in [0.1, 0.15) is 11.8 Å². The first-order valence-corrected chi connectivity index (χ1v) is 6.36. The van der Waals surface area contributed by atoms with Crippen LogP contribution in [0, 0.1) is 0 Å². The molecular formula is C11H16N2O2S. The summed E-state index contributed by atoms with van der Waals surface area (Å²) < 4.78 is 0. The topological polar surface area (TPSA) is 75.3 Å². The number of phenolic OH excluding ortho intramolecular Hbond substituents is 1. The van der Waals surface area contributed by atoms with Crippen LogP contribution < -0.4 is 11.1 Å². The number of amides is 1. The van der Waals surface area contributed by atoms with Crippen LogP contribution in [0.1, 0.15) is 6.42 Å². The molecule has 0 saturated carbocycles. The highest BCUT2D eigenvalue weighted by Gasteiger charge is 2.14. The molecule has 0 aliphatic carbocycles. The number of anilines is 1. The maximum Gasteiger partial charge on any atom is 0.239 e. The second kappa shape index (κ2) is 6.27.